The first kappa shape index (κ1) is 21.3. The number of likely N-dealkylation sites (N-methyl/N-ethyl adjacent to an activating group) is 1. The van der Waals surface area contributed by atoms with Gasteiger partial charge in [0.05, 0.1) is 12.2 Å². The Bertz CT molecular complexity index is 762. The monoisotopic (exact) mass is 398 g/mol. The van der Waals surface area contributed by atoms with Crippen LogP contribution in [0.25, 0.3) is 11.5 Å². The van der Waals surface area contributed by atoms with Crippen molar-refractivity contribution in [2.45, 2.75) is 26.3 Å². The largest absolute Gasteiger partial charge is 0.444 e. The van der Waals surface area contributed by atoms with Crippen molar-refractivity contribution in [3.05, 3.63) is 41.8 Å². The lowest BCUT2D eigenvalue weighted by atomic mass is 10.1. The number of benzene rings is 1. The number of oxazole rings is 1. The van der Waals surface area contributed by atoms with Gasteiger partial charge in [0.25, 0.3) is 0 Å². The molecule has 0 spiro atoms. The highest BCUT2D eigenvalue weighted by molar-refractivity contribution is 5.79. The first-order valence-electron chi connectivity index (χ1n) is 10.5. The summed E-state index contributed by atoms with van der Waals surface area (Å²) in [4.78, 5) is 13.8. The van der Waals surface area contributed by atoms with Gasteiger partial charge in [0.15, 0.2) is 5.96 Å². The van der Waals surface area contributed by atoms with Crippen LogP contribution in [0.3, 0.4) is 0 Å². The molecule has 0 saturated carbocycles. The van der Waals surface area contributed by atoms with Crippen LogP contribution in [0, 0.1) is 6.92 Å². The summed E-state index contributed by atoms with van der Waals surface area (Å²) in [6.45, 7) is 9.50. The van der Waals surface area contributed by atoms with Gasteiger partial charge < -0.3 is 24.9 Å². The molecule has 1 aromatic heterocycles. The minimum absolute atomic E-state index is 0.580. The third-order valence-electron chi connectivity index (χ3n) is 5.30. The van der Waals surface area contributed by atoms with Gasteiger partial charge in [-0.1, -0.05) is 17.7 Å². The van der Waals surface area contributed by atoms with Crippen molar-refractivity contribution in [3.63, 3.8) is 0 Å². The molecule has 1 saturated heterocycles. The van der Waals surface area contributed by atoms with Crippen molar-refractivity contribution in [1.29, 1.82) is 0 Å². The molecule has 2 N–H and O–H groups in total. The minimum atomic E-state index is 0.580. The number of hydrogen-bond donors (Lipinski definition) is 2. The molecule has 1 aromatic carbocycles. The van der Waals surface area contributed by atoms with E-state index < -0.39 is 0 Å². The van der Waals surface area contributed by atoms with Crippen LogP contribution in [-0.2, 0) is 6.54 Å². The van der Waals surface area contributed by atoms with E-state index in [1.54, 1.807) is 13.3 Å². The summed E-state index contributed by atoms with van der Waals surface area (Å²) in [6, 6.07) is 8.18. The fraction of sp³-hybridized carbons (Fsp3) is 0.545. The second kappa shape index (κ2) is 11.0. The van der Waals surface area contributed by atoms with Crippen molar-refractivity contribution < 1.29 is 4.42 Å². The fourth-order valence-electron chi connectivity index (χ4n) is 3.35. The molecule has 158 valence electrons. The number of unbranched alkanes of at least 4 members (excludes halogenated alkanes) is 1. The number of rotatable bonds is 8. The molecule has 7 nitrogen and oxygen atoms in total. The van der Waals surface area contributed by atoms with Crippen LogP contribution in [0.5, 0.6) is 0 Å². The molecule has 0 amide bonds. The lowest BCUT2D eigenvalue weighted by Crippen LogP contribution is -2.44. The second-order valence-electron chi connectivity index (χ2n) is 7.71. The summed E-state index contributed by atoms with van der Waals surface area (Å²) in [6.07, 6.45) is 4.04. The smallest absolute Gasteiger partial charge is 0.226 e. The summed E-state index contributed by atoms with van der Waals surface area (Å²) in [5.74, 6) is 1.44. The third-order valence-corrected chi connectivity index (χ3v) is 5.30. The summed E-state index contributed by atoms with van der Waals surface area (Å²) in [5.41, 5.74) is 3.07. The fourth-order valence-corrected chi connectivity index (χ4v) is 3.35. The van der Waals surface area contributed by atoms with Crippen LogP contribution in [0.15, 0.2) is 39.9 Å². The van der Waals surface area contributed by atoms with Gasteiger partial charge in [-0.3, -0.25) is 4.99 Å². The quantitative estimate of drug-likeness (QED) is 0.404. The first-order valence-corrected chi connectivity index (χ1v) is 10.5. The molecule has 1 fully saturated rings. The summed E-state index contributed by atoms with van der Waals surface area (Å²) >= 11 is 0. The van der Waals surface area contributed by atoms with Crippen LogP contribution in [0.4, 0.5) is 0 Å². The van der Waals surface area contributed by atoms with Crippen LogP contribution in [0.2, 0.25) is 0 Å². The number of nitrogens with one attached hydrogen (secondary N) is 2. The van der Waals surface area contributed by atoms with Gasteiger partial charge in [-0.15, -0.1) is 0 Å². The Morgan fingerprint density at radius 2 is 1.86 bits per heavy atom. The standard InChI is InChI=1S/C22H34N6O/c1-18-6-8-19(9-7-18)21-26-20(17-29-21)16-25-22(23-2)24-10-4-5-11-28-14-12-27(3)13-15-28/h6-9,17H,4-5,10-16H2,1-3H3,(H2,23,24,25). The van der Waals surface area contributed by atoms with Gasteiger partial charge in [-0.05, 0) is 45.5 Å². The Labute approximate surface area is 174 Å². The van der Waals surface area contributed by atoms with Crippen LogP contribution >= 0.6 is 0 Å². The number of piperazine rings is 1. The van der Waals surface area contributed by atoms with Crippen molar-refractivity contribution in [2.24, 2.45) is 4.99 Å². The van der Waals surface area contributed by atoms with Gasteiger partial charge in [0, 0.05) is 45.3 Å². The minimum Gasteiger partial charge on any atom is -0.444 e. The Morgan fingerprint density at radius 3 is 2.59 bits per heavy atom. The topological polar surface area (TPSA) is 68.9 Å². The number of aryl methyl sites for hydroxylation is 1. The van der Waals surface area contributed by atoms with E-state index in [4.69, 9.17) is 4.42 Å². The van der Waals surface area contributed by atoms with Gasteiger partial charge >= 0.3 is 0 Å². The molecular formula is C22H34N6O. The maximum atomic E-state index is 5.61. The number of nitrogens with zero attached hydrogens (tertiary/aromatic N) is 4. The molecule has 1 aliphatic heterocycles. The van der Waals surface area contributed by atoms with Gasteiger partial charge in [-0.25, -0.2) is 4.98 Å². The average molecular weight is 399 g/mol. The van der Waals surface area contributed by atoms with Crippen LogP contribution in [0.1, 0.15) is 24.1 Å². The molecule has 0 aliphatic carbocycles. The van der Waals surface area contributed by atoms with E-state index >= 15 is 0 Å². The molecule has 3 rings (SSSR count). The summed E-state index contributed by atoms with van der Waals surface area (Å²) in [5, 5.41) is 6.69. The van der Waals surface area contributed by atoms with Gasteiger partial charge in [0.2, 0.25) is 5.89 Å². The molecule has 2 aromatic rings. The second-order valence-corrected chi connectivity index (χ2v) is 7.71. The highest BCUT2D eigenvalue weighted by Crippen LogP contribution is 2.18. The molecule has 7 heteroatoms. The van der Waals surface area contributed by atoms with E-state index in [-0.39, 0.29) is 0 Å². The maximum absolute atomic E-state index is 5.61. The predicted molar refractivity (Wildman–Crippen MR) is 118 cm³/mol. The Morgan fingerprint density at radius 1 is 1.10 bits per heavy atom. The number of guanidine groups is 1. The number of aliphatic imine (C=N–C) groups is 1. The van der Waals surface area contributed by atoms with Crippen molar-refractivity contribution in [3.8, 4) is 11.5 Å². The highest BCUT2D eigenvalue weighted by Gasteiger charge is 2.12. The zero-order valence-electron chi connectivity index (χ0n) is 17.9. The molecule has 29 heavy (non-hydrogen) atoms. The number of hydrogen-bond acceptors (Lipinski definition) is 5. The molecule has 0 unspecified atom stereocenters. The third kappa shape index (κ3) is 6.87. The SMILES string of the molecule is CN=C(NCCCCN1CCN(C)CC1)NCc1coc(-c2ccc(C)cc2)n1. The highest BCUT2D eigenvalue weighted by atomic mass is 16.3. The Balaban J connectivity index is 1.34. The van der Waals surface area contributed by atoms with Crippen molar-refractivity contribution in [1.82, 2.24) is 25.4 Å². The van der Waals surface area contributed by atoms with E-state index in [9.17, 15) is 0 Å². The number of aromatic nitrogens is 1. The van der Waals surface area contributed by atoms with Gasteiger partial charge in [-0.2, -0.15) is 0 Å². The predicted octanol–water partition coefficient (Wildman–Crippen LogP) is 2.34. The van der Waals surface area contributed by atoms with E-state index in [0.29, 0.717) is 12.4 Å². The summed E-state index contributed by atoms with van der Waals surface area (Å²) < 4.78 is 5.61. The zero-order valence-corrected chi connectivity index (χ0v) is 17.9. The molecule has 1 aliphatic rings. The maximum Gasteiger partial charge on any atom is 0.226 e. The van der Waals surface area contributed by atoms with E-state index in [1.165, 1.54) is 44.7 Å². The lowest BCUT2D eigenvalue weighted by Gasteiger charge is -2.32. The van der Waals surface area contributed by atoms with Gasteiger partial charge in [0.1, 0.15) is 6.26 Å². The van der Waals surface area contributed by atoms with E-state index in [1.807, 2.05) is 12.1 Å². The Kier molecular flexibility index (Phi) is 8.07. The van der Waals surface area contributed by atoms with Crippen LogP contribution in [-0.4, -0.2) is 74.1 Å². The molecule has 0 atom stereocenters. The molecular weight excluding hydrogens is 364 g/mol. The average Bonchev–Trinajstić information content (AvgIpc) is 3.21. The first-order chi connectivity index (χ1) is 14.1. The lowest BCUT2D eigenvalue weighted by molar-refractivity contribution is 0.152. The molecule has 0 bridgehead atoms. The van der Waals surface area contributed by atoms with E-state index in [0.717, 1.165) is 30.2 Å². The Hall–Kier alpha value is -2.38. The van der Waals surface area contributed by atoms with Crippen molar-refractivity contribution >= 4 is 5.96 Å². The summed E-state index contributed by atoms with van der Waals surface area (Å²) in [7, 11) is 3.99. The van der Waals surface area contributed by atoms with E-state index in [2.05, 4.69) is 56.5 Å². The normalized spacial score (nSPS) is 16.2. The molecule has 2 heterocycles. The molecule has 0 radical (unpaired) electrons. The zero-order chi connectivity index (χ0) is 20.5. The van der Waals surface area contributed by atoms with Crippen LogP contribution < -0.4 is 10.6 Å². The van der Waals surface area contributed by atoms with Crippen molar-refractivity contribution in [2.75, 3.05) is 53.4 Å².